The quantitative estimate of drug-likeness (QED) is 0.842. The molecule has 0 bridgehead atoms. The largest absolute Gasteiger partial charge is 0.387 e. The molecule has 0 fully saturated rings. The number of nitrogens with zero attached hydrogens (tertiary/aromatic N) is 2. The maximum Gasteiger partial charge on any atom is 0.223 e. The zero-order chi connectivity index (χ0) is 17.9. The van der Waals surface area contributed by atoms with E-state index < -0.39 is 6.10 Å². The summed E-state index contributed by atoms with van der Waals surface area (Å²) in [6, 6.07) is 7.09. The van der Waals surface area contributed by atoms with Crippen molar-refractivity contribution in [3.05, 3.63) is 51.8 Å². The summed E-state index contributed by atoms with van der Waals surface area (Å²) < 4.78 is 1.83. The molecule has 130 valence electrons. The van der Waals surface area contributed by atoms with Crippen LogP contribution in [0.1, 0.15) is 35.5 Å². The molecule has 0 saturated heterocycles. The Labute approximate surface area is 147 Å². The molecule has 1 aromatic heterocycles. The Morgan fingerprint density at radius 1 is 1.38 bits per heavy atom. The molecule has 0 radical (unpaired) electrons. The van der Waals surface area contributed by atoms with E-state index in [-0.39, 0.29) is 18.4 Å². The maximum atomic E-state index is 12.3. The fourth-order valence-corrected chi connectivity index (χ4v) is 3.00. The van der Waals surface area contributed by atoms with E-state index in [2.05, 4.69) is 10.4 Å². The van der Waals surface area contributed by atoms with Crippen LogP contribution < -0.4 is 5.32 Å². The lowest BCUT2D eigenvalue weighted by atomic mass is 9.98. The van der Waals surface area contributed by atoms with Crippen molar-refractivity contribution in [2.24, 2.45) is 13.0 Å². The number of benzene rings is 1. The van der Waals surface area contributed by atoms with Crippen molar-refractivity contribution in [2.75, 3.05) is 6.54 Å². The van der Waals surface area contributed by atoms with E-state index in [4.69, 9.17) is 11.6 Å². The Hall–Kier alpha value is -1.85. The number of aliphatic hydroxyl groups excluding tert-OH is 1. The first-order chi connectivity index (χ1) is 11.3. The van der Waals surface area contributed by atoms with Gasteiger partial charge in [0.2, 0.25) is 5.91 Å². The fraction of sp³-hybridized carbons (Fsp3) is 0.444. The summed E-state index contributed by atoms with van der Waals surface area (Å²) in [5.74, 6) is -0.297. The number of amides is 1. The first kappa shape index (κ1) is 18.5. The Balaban J connectivity index is 1.93. The molecular weight excluding hydrogens is 326 g/mol. The third kappa shape index (κ3) is 4.16. The van der Waals surface area contributed by atoms with Crippen molar-refractivity contribution in [3.8, 4) is 0 Å². The van der Waals surface area contributed by atoms with E-state index in [9.17, 15) is 9.90 Å². The van der Waals surface area contributed by atoms with Gasteiger partial charge in [0, 0.05) is 35.8 Å². The van der Waals surface area contributed by atoms with Crippen molar-refractivity contribution >= 4 is 17.5 Å². The summed E-state index contributed by atoms with van der Waals surface area (Å²) in [6.07, 6.45) is -0.198. The summed E-state index contributed by atoms with van der Waals surface area (Å²) in [7, 11) is 1.90. The Morgan fingerprint density at radius 3 is 2.62 bits per heavy atom. The molecule has 0 aliphatic rings. The maximum absolute atomic E-state index is 12.3. The van der Waals surface area contributed by atoms with Gasteiger partial charge in [-0.05, 0) is 31.9 Å². The lowest BCUT2D eigenvalue weighted by Gasteiger charge is -2.16. The molecule has 0 spiro atoms. The highest BCUT2D eigenvalue weighted by Gasteiger charge is 2.20. The van der Waals surface area contributed by atoms with Crippen molar-refractivity contribution in [2.45, 2.75) is 33.3 Å². The second-order valence-corrected chi connectivity index (χ2v) is 6.57. The molecule has 0 saturated carbocycles. The molecule has 5 nitrogen and oxygen atoms in total. The van der Waals surface area contributed by atoms with Crippen LogP contribution in [-0.2, 0) is 18.3 Å². The fourth-order valence-electron chi connectivity index (χ4n) is 2.74. The van der Waals surface area contributed by atoms with Crippen LogP contribution in [0.3, 0.4) is 0 Å². The monoisotopic (exact) mass is 349 g/mol. The van der Waals surface area contributed by atoms with Crippen LogP contribution in [0.5, 0.6) is 0 Å². The molecule has 6 heteroatoms. The lowest BCUT2D eigenvalue weighted by Crippen LogP contribution is -2.33. The average Bonchev–Trinajstić information content (AvgIpc) is 2.79. The van der Waals surface area contributed by atoms with Crippen molar-refractivity contribution in [3.63, 3.8) is 0 Å². The van der Waals surface area contributed by atoms with Crippen LogP contribution in [0.25, 0.3) is 0 Å². The van der Waals surface area contributed by atoms with Gasteiger partial charge in [-0.15, -0.1) is 0 Å². The van der Waals surface area contributed by atoms with Crippen molar-refractivity contribution < 1.29 is 9.90 Å². The molecule has 1 aromatic carbocycles. The minimum atomic E-state index is -0.822. The number of hydrogen-bond donors (Lipinski definition) is 2. The molecule has 2 N–H and O–H groups in total. The minimum absolute atomic E-state index is 0.0937. The van der Waals surface area contributed by atoms with Crippen LogP contribution >= 0.6 is 11.6 Å². The van der Waals surface area contributed by atoms with Gasteiger partial charge in [-0.25, -0.2) is 0 Å². The molecule has 2 rings (SSSR count). The second kappa shape index (κ2) is 7.81. The van der Waals surface area contributed by atoms with Crippen LogP contribution in [0, 0.1) is 19.8 Å². The predicted octanol–water partition coefficient (Wildman–Crippen LogP) is 2.72. The highest BCUT2D eigenvalue weighted by atomic mass is 35.5. The number of aryl methyl sites for hydroxylation is 2. The molecule has 2 aromatic rings. The van der Waals surface area contributed by atoms with Gasteiger partial charge in [0.25, 0.3) is 0 Å². The number of rotatable bonds is 6. The number of halogens is 1. The van der Waals surface area contributed by atoms with Crippen LogP contribution in [0.4, 0.5) is 0 Å². The van der Waals surface area contributed by atoms with Gasteiger partial charge in [-0.1, -0.05) is 36.7 Å². The zero-order valence-electron chi connectivity index (χ0n) is 14.5. The number of carbonyl (C=O) groups excluding carboxylic acids is 1. The van der Waals surface area contributed by atoms with Gasteiger partial charge < -0.3 is 10.4 Å². The van der Waals surface area contributed by atoms with E-state index in [1.807, 2.05) is 38.6 Å². The van der Waals surface area contributed by atoms with Gasteiger partial charge in [-0.2, -0.15) is 5.10 Å². The molecule has 0 aliphatic carbocycles. The van der Waals surface area contributed by atoms with E-state index in [1.54, 1.807) is 18.2 Å². The molecular formula is C18H24ClN3O2. The molecule has 24 heavy (non-hydrogen) atoms. The van der Waals surface area contributed by atoms with E-state index >= 15 is 0 Å². The molecule has 0 aliphatic heterocycles. The first-order valence-corrected chi connectivity index (χ1v) is 8.38. The summed E-state index contributed by atoms with van der Waals surface area (Å²) in [5.41, 5.74) is 3.74. The van der Waals surface area contributed by atoms with E-state index in [0.717, 1.165) is 17.0 Å². The van der Waals surface area contributed by atoms with E-state index in [1.165, 1.54) is 0 Å². The summed E-state index contributed by atoms with van der Waals surface area (Å²) in [6.45, 7) is 5.97. The summed E-state index contributed by atoms with van der Waals surface area (Å²) in [4.78, 5) is 12.3. The smallest absolute Gasteiger partial charge is 0.223 e. The summed E-state index contributed by atoms with van der Waals surface area (Å²) >= 11 is 6.06. The Morgan fingerprint density at radius 2 is 2.04 bits per heavy atom. The Bertz CT molecular complexity index is 727. The topological polar surface area (TPSA) is 67.2 Å². The first-order valence-electron chi connectivity index (χ1n) is 8.00. The van der Waals surface area contributed by atoms with Gasteiger partial charge >= 0.3 is 0 Å². The van der Waals surface area contributed by atoms with Gasteiger partial charge in [-0.3, -0.25) is 9.48 Å². The zero-order valence-corrected chi connectivity index (χ0v) is 15.3. The predicted molar refractivity (Wildman–Crippen MR) is 95.0 cm³/mol. The van der Waals surface area contributed by atoms with Crippen molar-refractivity contribution in [1.29, 1.82) is 0 Å². The molecule has 1 heterocycles. The third-order valence-corrected chi connectivity index (χ3v) is 4.69. The van der Waals surface area contributed by atoms with Crippen LogP contribution in [-0.4, -0.2) is 27.3 Å². The van der Waals surface area contributed by atoms with Crippen molar-refractivity contribution in [1.82, 2.24) is 15.1 Å². The van der Waals surface area contributed by atoms with E-state index in [0.29, 0.717) is 17.0 Å². The highest BCUT2D eigenvalue weighted by molar-refractivity contribution is 6.31. The van der Waals surface area contributed by atoms with Gasteiger partial charge in [0.15, 0.2) is 0 Å². The normalized spacial score (nSPS) is 13.6. The lowest BCUT2D eigenvalue weighted by molar-refractivity contribution is -0.124. The second-order valence-electron chi connectivity index (χ2n) is 6.16. The SMILES string of the molecule is Cc1nn(C)c(C)c1C[C@@H](C)C(=O)NC[C@H](O)c1ccccc1Cl. The number of nitrogens with one attached hydrogen (secondary N) is 1. The molecule has 2 atom stereocenters. The van der Waals surface area contributed by atoms with Crippen LogP contribution in [0.15, 0.2) is 24.3 Å². The minimum Gasteiger partial charge on any atom is -0.387 e. The number of carbonyl (C=O) groups is 1. The van der Waals surface area contributed by atoms with Gasteiger partial charge in [0.05, 0.1) is 11.8 Å². The third-order valence-electron chi connectivity index (χ3n) is 4.35. The summed E-state index contributed by atoms with van der Waals surface area (Å²) in [5, 5.41) is 17.9. The standard InChI is InChI=1S/C18H24ClN3O2/c1-11(9-15-12(2)21-22(4)13(15)3)18(24)20-10-17(23)14-7-5-6-8-16(14)19/h5-8,11,17,23H,9-10H2,1-4H3,(H,20,24)/t11-,17+/m1/s1. The molecule has 1 amide bonds. The highest BCUT2D eigenvalue weighted by Crippen LogP contribution is 2.22. The Kier molecular flexibility index (Phi) is 6.02. The van der Waals surface area contributed by atoms with Crippen LogP contribution in [0.2, 0.25) is 5.02 Å². The average molecular weight is 350 g/mol. The molecule has 0 unspecified atom stereocenters. The number of aliphatic hydroxyl groups is 1. The number of hydrogen-bond acceptors (Lipinski definition) is 3. The van der Waals surface area contributed by atoms with Gasteiger partial charge in [0.1, 0.15) is 0 Å². The number of aromatic nitrogens is 2.